The van der Waals surface area contributed by atoms with E-state index in [1.807, 2.05) is 43.3 Å². The van der Waals surface area contributed by atoms with Crippen LogP contribution in [0.3, 0.4) is 0 Å². The van der Waals surface area contributed by atoms with Gasteiger partial charge in [0.15, 0.2) is 10.8 Å². The van der Waals surface area contributed by atoms with E-state index in [4.69, 9.17) is 23.2 Å². The molecule has 31 heavy (non-hydrogen) atoms. The number of para-hydroxylation sites is 1. The summed E-state index contributed by atoms with van der Waals surface area (Å²) in [4.78, 5) is 18.3. The number of hydrogen-bond acceptors (Lipinski definition) is 5. The lowest BCUT2D eigenvalue weighted by molar-refractivity contribution is 0.102. The summed E-state index contributed by atoms with van der Waals surface area (Å²) in [6, 6.07) is 13.1. The van der Waals surface area contributed by atoms with E-state index in [2.05, 4.69) is 36.5 Å². The molecule has 2 heterocycles. The number of carbonyl (C=O) groups is 1. The van der Waals surface area contributed by atoms with E-state index in [9.17, 15) is 4.79 Å². The van der Waals surface area contributed by atoms with E-state index in [1.165, 1.54) is 11.3 Å². The molecule has 0 unspecified atom stereocenters. The first kappa shape index (κ1) is 22.0. The Morgan fingerprint density at radius 3 is 2.68 bits per heavy atom. The van der Waals surface area contributed by atoms with Gasteiger partial charge in [-0.15, -0.1) is 16.4 Å². The van der Waals surface area contributed by atoms with Crippen LogP contribution in [0.4, 0.5) is 5.13 Å². The second kappa shape index (κ2) is 9.08. The van der Waals surface area contributed by atoms with Gasteiger partial charge < -0.3 is 0 Å². The number of aryl methyl sites for hydroxylation is 1. The molecule has 4 rings (SSSR count). The fraction of sp³-hybridized carbons (Fsp3) is 0.143. The Balaban J connectivity index is 1.53. The maximum absolute atomic E-state index is 12.8. The summed E-state index contributed by atoms with van der Waals surface area (Å²) in [5.41, 5.74) is 3.39. The highest BCUT2D eigenvalue weighted by molar-refractivity contribution is 9.10. The average Bonchev–Trinajstić information content (AvgIpc) is 3.27. The van der Waals surface area contributed by atoms with Crippen molar-refractivity contribution in [2.75, 3.05) is 5.32 Å². The van der Waals surface area contributed by atoms with Crippen molar-refractivity contribution in [2.24, 2.45) is 0 Å². The molecule has 0 aliphatic rings. The first-order valence-electron chi connectivity index (χ1n) is 9.22. The molecule has 0 atom stereocenters. The Morgan fingerprint density at radius 1 is 1.16 bits per heavy atom. The van der Waals surface area contributed by atoms with Gasteiger partial charge in [-0.3, -0.25) is 10.1 Å². The van der Waals surface area contributed by atoms with Crippen molar-refractivity contribution in [3.63, 3.8) is 0 Å². The Labute approximate surface area is 201 Å². The summed E-state index contributed by atoms with van der Waals surface area (Å²) >= 11 is 17.3. The van der Waals surface area contributed by atoms with Crippen LogP contribution in [0, 0.1) is 13.8 Å². The highest BCUT2D eigenvalue weighted by atomic mass is 79.9. The van der Waals surface area contributed by atoms with Crippen LogP contribution in [0.2, 0.25) is 10.0 Å². The lowest BCUT2D eigenvalue weighted by Crippen LogP contribution is -2.14. The zero-order valence-electron chi connectivity index (χ0n) is 16.5. The zero-order valence-corrected chi connectivity index (χ0v) is 20.4. The van der Waals surface area contributed by atoms with E-state index in [-0.39, 0.29) is 11.6 Å². The van der Waals surface area contributed by atoms with Gasteiger partial charge in [-0.2, -0.15) is 0 Å². The number of halogens is 3. The molecular weight excluding hydrogens is 521 g/mol. The topological polar surface area (TPSA) is 72.7 Å². The normalized spacial score (nSPS) is 11.0. The molecular formula is C21H16BrCl2N5OS. The van der Waals surface area contributed by atoms with Crippen molar-refractivity contribution in [1.29, 1.82) is 0 Å². The second-order valence-electron chi connectivity index (χ2n) is 6.79. The molecule has 2 aromatic carbocycles. The molecule has 0 spiro atoms. The third kappa shape index (κ3) is 4.67. The molecule has 0 saturated heterocycles. The minimum absolute atomic E-state index is 0.217. The predicted molar refractivity (Wildman–Crippen MR) is 128 cm³/mol. The van der Waals surface area contributed by atoms with Crippen molar-refractivity contribution in [2.45, 2.75) is 20.3 Å². The van der Waals surface area contributed by atoms with E-state index >= 15 is 0 Å². The van der Waals surface area contributed by atoms with Crippen molar-refractivity contribution in [1.82, 2.24) is 20.0 Å². The lowest BCUT2D eigenvalue weighted by atomic mass is 10.1. The van der Waals surface area contributed by atoms with Gasteiger partial charge in [0.1, 0.15) is 0 Å². The molecule has 0 aliphatic heterocycles. The van der Waals surface area contributed by atoms with E-state index < -0.39 is 0 Å². The number of rotatable bonds is 5. The number of thiazole rings is 1. The summed E-state index contributed by atoms with van der Waals surface area (Å²) < 4.78 is 2.40. The molecule has 0 bridgehead atoms. The fourth-order valence-corrected chi connectivity index (χ4v) is 4.69. The molecule has 6 nitrogen and oxygen atoms in total. The van der Waals surface area contributed by atoms with Crippen LogP contribution in [-0.2, 0) is 6.42 Å². The smallest absolute Gasteiger partial charge is 0.279 e. The van der Waals surface area contributed by atoms with Crippen LogP contribution >= 0.6 is 50.5 Å². The highest BCUT2D eigenvalue weighted by Crippen LogP contribution is 2.29. The van der Waals surface area contributed by atoms with Gasteiger partial charge in [0.05, 0.1) is 27.1 Å². The number of aromatic nitrogens is 4. The molecule has 0 fully saturated rings. The summed E-state index contributed by atoms with van der Waals surface area (Å²) in [6.45, 7) is 3.69. The van der Waals surface area contributed by atoms with E-state index in [0.717, 1.165) is 20.6 Å². The predicted octanol–water partition coefficient (Wildman–Crippen LogP) is 6.25. The van der Waals surface area contributed by atoms with Gasteiger partial charge in [-0.05, 0) is 59.6 Å². The summed E-state index contributed by atoms with van der Waals surface area (Å²) in [6.07, 6.45) is 0.675. The molecule has 4 aromatic rings. The van der Waals surface area contributed by atoms with Crippen LogP contribution in [-0.4, -0.2) is 25.9 Å². The summed E-state index contributed by atoms with van der Waals surface area (Å²) in [5, 5.41) is 12.7. The Kier molecular flexibility index (Phi) is 6.43. The number of nitrogens with zero attached hydrogens (tertiary/aromatic N) is 4. The van der Waals surface area contributed by atoms with Crippen LogP contribution in [0.1, 0.15) is 32.3 Å². The molecule has 0 radical (unpaired) electrons. The second-order valence-corrected chi connectivity index (χ2v) is 9.55. The number of amides is 1. The quantitative estimate of drug-likeness (QED) is 0.327. The van der Waals surface area contributed by atoms with Crippen LogP contribution in [0.5, 0.6) is 0 Å². The van der Waals surface area contributed by atoms with E-state index in [0.29, 0.717) is 33.0 Å². The van der Waals surface area contributed by atoms with Gasteiger partial charge >= 0.3 is 0 Å². The number of hydrogen-bond donors (Lipinski definition) is 1. The van der Waals surface area contributed by atoms with Crippen molar-refractivity contribution in [3.8, 4) is 5.69 Å². The molecule has 0 saturated carbocycles. The Bertz CT molecular complexity index is 1290. The highest BCUT2D eigenvalue weighted by Gasteiger charge is 2.20. The largest absolute Gasteiger partial charge is 0.296 e. The lowest BCUT2D eigenvalue weighted by Gasteiger charge is -2.05. The molecule has 158 valence electrons. The third-order valence-electron chi connectivity index (χ3n) is 4.65. The average molecular weight is 537 g/mol. The summed E-state index contributed by atoms with van der Waals surface area (Å²) in [7, 11) is 0. The monoisotopic (exact) mass is 535 g/mol. The standard InChI is InChI=1S/C21H16BrCl2N5OS/c1-11-18(10-13-7-8-14(22)16(24)9-13)31-21(25-11)26-20(30)19-12(2)29(28-27-19)17-6-4-3-5-15(17)23/h3-9H,10H2,1-2H3,(H,25,26,30). The maximum Gasteiger partial charge on any atom is 0.279 e. The van der Waals surface area contributed by atoms with Gasteiger partial charge in [0.2, 0.25) is 0 Å². The first-order valence-corrected chi connectivity index (χ1v) is 11.6. The number of anilines is 1. The third-order valence-corrected chi connectivity index (χ3v) is 7.28. The van der Waals surface area contributed by atoms with Gasteiger partial charge in [-0.25, -0.2) is 9.67 Å². The summed E-state index contributed by atoms with van der Waals surface area (Å²) in [5.74, 6) is -0.372. The minimum Gasteiger partial charge on any atom is -0.296 e. The number of carbonyl (C=O) groups excluding carboxylic acids is 1. The molecule has 0 aliphatic carbocycles. The Hall–Kier alpha value is -2.26. The van der Waals surface area contributed by atoms with Crippen molar-refractivity contribution >= 4 is 61.5 Å². The maximum atomic E-state index is 12.8. The van der Waals surface area contributed by atoms with Crippen molar-refractivity contribution in [3.05, 3.63) is 84.5 Å². The van der Waals surface area contributed by atoms with E-state index in [1.54, 1.807) is 17.7 Å². The minimum atomic E-state index is -0.372. The first-order chi connectivity index (χ1) is 14.8. The molecule has 1 amide bonds. The van der Waals surface area contributed by atoms with Crippen LogP contribution < -0.4 is 5.32 Å². The molecule has 10 heteroatoms. The van der Waals surface area contributed by atoms with Crippen LogP contribution in [0.15, 0.2) is 46.9 Å². The van der Waals surface area contributed by atoms with Crippen molar-refractivity contribution < 1.29 is 4.79 Å². The zero-order chi connectivity index (χ0) is 22.1. The fourth-order valence-electron chi connectivity index (χ4n) is 3.03. The van der Waals surface area contributed by atoms with Gasteiger partial charge in [0.25, 0.3) is 5.91 Å². The number of nitrogens with one attached hydrogen (secondary N) is 1. The SMILES string of the molecule is Cc1nc(NC(=O)c2nnn(-c3ccccc3Cl)c2C)sc1Cc1ccc(Br)c(Cl)c1. The van der Waals surface area contributed by atoms with Gasteiger partial charge in [-0.1, -0.05) is 46.6 Å². The Morgan fingerprint density at radius 2 is 1.94 bits per heavy atom. The van der Waals surface area contributed by atoms with Crippen LogP contribution in [0.25, 0.3) is 5.69 Å². The molecule has 2 aromatic heterocycles. The number of benzene rings is 2. The molecule has 1 N–H and O–H groups in total. The van der Waals surface area contributed by atoms with Gasteiger partial charge in [0, 0.05) is 15.8 Å².